The van der Waals surface area contributed by atoms with Gasteiger partial charge in [-0.05, 0) is 80.2 Å². The quantitative estimate of drug-likeness (QED) is 0.488. The average molecular weight is 434 g/mol. The third kappa shape index (κ3) is 6.13. The number of rotatable bonds is 6. The van der Waals surface area contributed by atoms with Crippen LogP contribution in [0.2, 0.25) is 0 Å². The van der Waals surface area contributed by atoms with Gasteiger partial charge in [-0.3, -0.25) is 14.9 Å². The molecule has 0 atom stereocenters. The highest BCUT2D eigenvalue weighted by molar-refractivity contribution is 7.80. The zero-order valence-electron chi connectivity index (χ0n) is 17.3. The van der Waals surface area contributed by atoms with Crippen molar-refractivity contribution in [2.24, 2.45) is 0 Å². The van der Waals surface area contributed by atoms with Crippen molar-refractivity contribution < 1.29 is 14.3 Å². The van der Waals surface area contributed by atoms with Gasteiger partial charge in [0.25, 0.3) is 11.8 Å². The van der Waals surface area contributed by atoms with Crippen LogP contribution >= 0.6 is 12.2 Å². The Balaban J connectivity index is 1.56. The van der Waals surface area contributed by atoms with Crippen LogP contribution in [-0.4, -0.2) is 23.5 Å². The van der Waals surface area contributed by atoms with E-state index >= 15 is 0 Å². The summed E-state index contributed by atoms with van der Waals surface area (Å²) in [5, 5.41) is 8.64. The van der Waals surface area contributed by atoms with E-state index in [4.69, 9.17) is 17.0 Å². The minimum Gasteiger partial charge on any atom is -0.494 e. The lowest BCUT2D eigenvalue weighted by molar-refractivity contribution is 0.0976. The first-order chi connectivity index (χ1) is 15.0. The molecule has 0 heterocycles. The van der Waals surface area contributed by atoms with Gasteiger partial charge in [-0.1, -0.05) is 24.3 Å². The second-order valence-electron chi connectivity index (χ2n) is 6.72. The van der Waals surface area contributed by atoms with Gasteiger partial charge in [-0.25, -0.2) is 0 Å². The Morgan fingerprint density at radius 1 is 0.871 bits per heavy atom. The zero-order chi connectivity index (χ0) is 22.2. The maximum atomic E-state index is 12.4. The van der Waals surface area contributed by atoms with Gasteiger partial charge in [0.05, 0.1) is 6.61 Å². The molecule has 7 heteroatoms. The molecule has 158 valence electrons. The van der Waals surface area contributed by atoms with Gasteiger partial charge in [-0.15, -0.1) is 0 Å². The molecule has 3 rings (SSSR count). The molecule has 31 heavy (non-hydrogen) atoms. The number of anilines is 2. The van der Waals surface area contributed by atoms with Crippen LogP contribution in [0, 0.1) is 6.92 Å². The van der Waals surface area contributed by atoms with E-state index in [9.17, 15) is 9.59 Å². The smallest absolute Gasteiger partial charge is 0.257 e. The molecule has 0 aliphatic rings. The number of amides is 2. The van der Waals surface area contributed by atoms with Crippen molar-refractivity contribution in [1.82, 2.24) is 5.32 Å². The molecule has 0 radical (unpaired) electrons. The van der Waals surface area contributed by atoms with Crippen LogP contribution in [0.4, 0.5) is 11.4 Å². The van der Waals surface area contributed by atoms with E-state index in [2.05, 4.69) is 16.0 Å². The molecule has 3 aromatic rings. The van der Waals surface area contributed by atoms with Crippen molar-refractivity contribution in [3.8, 4) is 5.75 Å². The fourth-order valence-electron chi connectivity index (χ4n) is 2.89. The van der Waals surface area contributed by atoms with Crippen molar-refractivity contribution >= 4 is 40.5 Å². The van der Waals surface area contributed by atoms with Gasteiger partial charge in [-0.2, -0.15) is 0 Å². The Hall–Kier alpha value is -3.71. The molecular formula is C24H23N3O3S. The summed E-state index contributed by atoms with van der Waals surface area (Å²) in [6, 6.07) is 21.3. The van der Waals surface area contributed by atoms with Crippen molar-refractivity contribution in [2.75, 3.05) is 17.2 Å². The van der Waals surface area contributed by atoms with Gasteiger partial charge in [0.2, 0.25) is 0 Å². The van der Waals surface area contributed by atoms with Crippen LogP contribution in [0.5, 0.6) is 5.75 Å². The minimum absolute atomic E-state index is 0.170. The van der Waals surface area contributed by atoms with Gasteiger partial charge in [0.15, 0.2) is 5.11 Å². The van der Waals surface area contributed by atoms with Crippen LogP contribution in [0.3, 0.4) is 0 Å². The van der Waals surface area contributed by atoms with Crippen LogP contribution in [-0.2, 0) is 0 Å². The highest BCUT2D eigenvalue weighted by Crippen LogP contribution is 2.16. The summed E-state index contributed by atoms with van der Waals surface area (Å²) in [7, 11) is 0. The number of hydrogen-bond donors (Lipinski definition) is 3. The van der Waals surface area contributed by atoms with Gasteiger partial charge < -0.3 is 15.4 Å². The molecule has 0 saturated heterocycles. The van der Waals surface area contributed by atoms with E-state index in [0.717, 1.165) is 5.56 Å². The Kier molecular flexibility index (Phi) is 7.35. The van der Waals surface area contributed by atoms with Crippen molar-refractivity contribution in [1.29, 1.82) is 0 Å². The molecule has 0 saturated carbocycles. The molecule has 6 nitrogen and oxygen atoms in total. The summed E-state index contributed by atoms with van der Waals surface area (Å²) in [5.74, 6) is 0.120. The first kappa shape index (κ1) is 22.0. The molecule has 0 aliphatic heterocycles. The second-order valence-corrected chi connectivity index (χ2v) is 7.12. The lowest BCUT2D eigenvalue weighted by atomic mass is 10.1. The highest BCUT2D eigenvalue weighted by Gasteiger charge is 2.10. The number of thiocarbonyl (C=S) groups is 1. The van der Waals surface area contributed by atoms with E-state index < -0.39 is 0 Å². The lowest BCUT2D eigenvalue weighted by Gasteiger charge is -2.12. The van der Waals surface area contributed by atoms with E-state index in [-0.39, 0.29) is 16.9 Å². The summed E-state index contributed by atoms with van der Waals surface area (Å²) >= 11 is 5.23. The van der Waals surface area contributed by atoms with E-state index in [1.54, 1.807) is 54.6 Å². The zero-order valence-corrected chi connectivity index (χ0v) is 18.1. The monoisotopic (exact) mass is 433 g/mol. The summed E-state index contributed by atoms with van der Waals surface area (Å²) in [4.78, 5) is 24.8. The Labute approximate surface area is 186 Å². The van der Waals surface area contributed by atoms with Crippen molar-refractivity contribution in [2.45, 2.75) is 13.8 Å². The van der Waals surface area contributed by atoms with Gasteiger partial charge in [0, 0.05) is 22.5 Å². The van der Waals surface area contributed by atoms with E-state index in [1.807, 2.05) is 32.0 Å². The maximum Gasteiger partial charge on any atom is 0.257 e. The number of benzene rings is 3. The molecule has 3 N–H and O–H groups in total. The van der Waals surface area contributed by atoms with Crippen LogP contribution < -0.4 is 20.7 Å². The SMILES string of the molecule is CCOc1cccc(C(=O)NC(=S)Nc2ccc(NC(=O)c3ccccc3C)cc2)c1. The van der Waals surface area contributed by atoms with Gasteiger partial charge in [0.1, 0.15) is 5.75 Å². The predicted molar refractivity (Wildman–Crippen MR) is 127 cm³/mol. The number of ether oxygens (including phenoxy) is 1. The standard InChI is InChI=1S/C24H23N3O3S/c1-3-30-20-9-6-8-17(15-20)22(28)27-24(31)26-19-13-11-18(12-14-19)25-23(29)21-10-5-4-7-16(21)2/h4-15H,3H2,1-2H3,(H,25,29)(H2,26,27,28,31). The Morgan fingerprint density at radius 2 is 1.55 bits per heavy atom. The minimum atomic E-state index is -0.332. The third-order valence-corrected chi connectivity index (χ3v) is 4.63. The molecule has 3 aromatic carbocycles. The topological polar surface area (TPSA) is 79.5 Å². The fraction of sp³-hybridized carbons (Fsp3) is 0.125. The number of nitrogens with one attached hydrogen (secondary N) is 3. The Morgan fingerprint density at radius 3 is 2.23 bits per heavy atom. The second kappa shape index (κ2) is 10.4. The Bertz CT molecular complexity index is 1100. The number of aryl methyl sites for hydroxylation is 1. The predicted octanol–water partition coefficient (Wildman–Crippen LogP) is 4.77. The highest BCUT2D eigenvalue weighted by atomic mass is 32.1. The summed E-state index contributed by atoms with van der Waals surface area (Å²) < 4.78 is 5.41. The van der Waals surface area contributed by atoms with Gasteiger partial charge >= 0.3 is 0 Å². The molecule has 0 unspecified atom stereocenters. The molecular weight excluding hydrogens is 410 g/mol. The maximum absolute atomic E-state index is 12.4. The van der Waals surface area contributed by atoms with E-state index in [0.29, 0.717) is 34.9 Å². The number of carbonyl (C=O) groups is 2. The number of hydrogen-bond acceptors (Lipinski definition) is 4. The number of carbonyl (C=O) groups excluding carboxylic acids is 2. The lowest BCUT2D eigenvalue weighted by Crippen LogP contribution is -2.34. The molecule has 0 spiro atoms. The third-order valence-electron chi connectivity index (χ3n) is 4.42. The first-order valence-electron chi connectivity index (χ1n) is 9.78. The summed E-state index contributed by atoms with van der Waals surface area (Å²) in [6.45, 7) is 4.29. The molecule has 0 fully saturated rings. The normalized spacial score (nSPS) is 10.1. The molecule has 0 aromatic heterocycles. The average Bonchev–Trinajstić information content (AvgIpc) is 2.76. The van der Waals surface area contributed by atoms with E-state index in [1.165, 1.54) is 0 Å². The van der Waals surface area contributed by atoms with Crippen LogP contribution in [0.1, 0.15) is 33.2 Å². The summed E-state index contributed by atoms with van der Waals surface area (Å²) in [5.41, 5.74) is 3.32. The molecule has 2 amide bonds. The fourth-order valence-corrected chi connectivity index (χ4v) is 3.10. The van der Waals surface area contributed by atoms with Crippen LogP contribution in [0.15, 0.2) is 72.8 Å². The van der Waals surface area contributed by atoms with Crippen molar-refractivity contribution in [3.05, 3.63) is 89.5 Å². The first-order valence-corrected chi connectivity index (χ1v) is 10.2. The summed E-state index contributed by atoms with van der Waals surface area (Å²) in [6.07, 6.45) is 0. The van der Waals surface area contributed by atoms with Crippen molar-refractivity contribution in [3.63, 3.8) is 0 Å². The van der Waals surface area contributed by atoms with Crippen LogP contribution in [0.25, 0.3) is 0 Å². The molecule has 0 aliphatic carbocycles. The molecule has 0 bridgehead atoms. The largest absolute Gasteiger partial charge is 0.494 e.